The van der Waals surface area contributed by atoms with Crippen molar-refractivity contribution in [2.24, 2.45) is 0 Å². The third-order valence-electron chi connectivity index (χ3n) is 2.49. The Bertz CT molecular complexity index is 555. The van der Waals surface area contributed by atoms with Crippen LogP contribution < -0.4 is 11.1 Å². The topological polar surface area (TPSA) is 38.0 Å². The van der Waals surface area contributed by atoms with Crippen LogP contribution in [-0.4, -0.2) is 0 Å². The van der Waals surface area contributed by atoms with Gasteiger partial charge in [0.05, 0.1) is 16.4 Å². The molecule has 0 aliphatic rings. The van der Waals surface area contributed by atoms with Gasteiger partial charge in [0.1, 0.15) is 0 Å². The fourth-order valence-corrected chi connectivity index (χ4v) is 2.09. The van der Waals surface area contributed by atoms with Crippen LogP contribution in [0.25, 0.3) is 0 Å². The smallest absolute Gasteiger partial charge is 0.0656 e. The molecule has 88 valence electrons. The van der Waals surface area contributed by atoms with E-state index in [1.54, 1.807) is 0 Å². The fourth-order valence-electron chi connectivity index (χ4n) is 1.55. The molecule has 0 aliphatic heterocycles. The number of halogens is 2. The summed E-state index contributed by atoms with van der Waals surface area (Å²) in [5, 5.41) is 3.88. The summed E-state index contributed by atoms with van der Waals surface area (Å²) in [5.74, 6) is 0. The summed E-state index contributed by atoms with van der Waals surface area (Å²) < 4.78 is 1.01. The van der Waals surface area contributed by atoms with Crippen molar-refractivity contribution in [3.63, 3.8) is 0 Å². The number of aryl methyl sites for hydroxylation is 1. The molecule has 0 amide bonds. The standard InChI is InChI=1S/C13H12BrClN2/c1-8-6-11(16)10(15)7-13(8)17-12-5-3-2-4-9(12)14/h2-7,17H,16H2,1H3. The molecule has 17 heavy (non-hydrogen) atoms. The summed E-state index contributed by atoms with van der Waals surface area (Å²) >= 11 is 9.51. The molecule has 0 aliphatic carbocycles. The van der Waals surface area contributed by atoms with Crippen LogP contribution in [0.15, 0.2) is 40.9 Å². The van der Waals surface area contributed by atoms with E-state index >= 15 is 0 Å². The van der Waals surface area contributed by atoms with Crippen LogP contribution in [0.1, 0.15) is 5.56 Å². The molecule has 0 fully saturated rings. The minimum atomic E-state index is 0.560. The number of nitrogens with two attached hydrogens (primary N) is 1. The van der Waals surface area contributed by atoms with Crippen LogP contribution in [0.2, 0.25) is 5.02 Å². The first-order valence-corrected chi connectivity index (χ1v) is 6.32. The van der Waals surface area contributed by atoms with Crippen LogP contribution in [0.3, 0.4) is 0 Å². The van der Waals surface area contributed by atoms with Crippen molar-refractivity contribution in [3.05, 3.63) is 51.5 Å². The van der Waals surface area contributed by atoms with Gasteiger partial charge in [-0.2, -0.15) is 0 Å². The molecule has 2 nitrogen and oxygen atoms in total. The Balaban J connectivity index is 2.37. The number of hydrogen-bond donors (Lipinski definition) is 2. The fraction of sp³-hybridized carbons (Fsp3) is 0.0769. The third-order valence-corrected chi connectivity index (χ3v) is 3.51. The van der Waals surface area contributed by atoms with Gasteiger partial charge in [-0.1, -0.05) is 23.7 Å². The van der Waals surface area contributed by atoms with E-state index in [9.17, 15) is 0 Å². The Labute approximate surface area is 114 Å². The molecule has 0 heterocycles. The molecule has 0 aromatic heterocycles. The minimum absolute atomic E-state index is 0.560. The van der Waals surface area contributed by atoms with E-state index in [0.29, 0.717) is 10.7 Å². The Hall–Kier alpha value is -1.19. The normalized spacial score (nSPS) is 10.3. The molecule has 2 aromatic carbocycles. The summed E-state index contributed by atoms with van der Waals surface area (Å²) in [6.45, 7) is 1.99. The molecular weight excluding hydrogens is 300 g/mol. The van der Waals surface area contributed by atoms with Gasteiger partial charge < -0.3 is 11.1 Å². The van der Waals surface area contributed by atoms with Gasteiger partial charge in [-0.15, -0.1) is 0 Å². The van der Waals surface area contributed by atoms with E-state index in [-0.39, 0.29) is 0 Å². The molecule has 0 unspecified atom stereocenters. The average molecular weight is 312 g/mol. The zero-order valence-corrected chi connectivity index (χ0v) is 11.6. The summed E-state index contributed by atoms with van der Waals surface area (Å²) in [4.78, 5) is 0. The molecular formula is C13H12BrClN2. The van der Waals surface area contributed by atoms with E-state index in [4.69, 9.17) is 17.3 Å². The van der Waals surface area contributed by atoms with Gasteiger partial charge in [0.15, 0.2) is 0 Å². The second-order valence-corrected chi connectivity index (χ2v) is 5.06. The summed E-state index contributed by atoms with van der Waals surface area (Å²) in [6, 6.07) is 11.6. The predicted octanol–water partition coefficient (Wildman–Crippen LogP) is 4.74. The van der Waals surface area contributed by atoms with Crippen molar-refractivity contribution in [1.29, 1.82) is 0 Å². The van der Waals surface area contributed by atoms with Crippen LogP contribution in [-0.2, 0) is 0 Å². The highest BCUT2D eigenvalue weighted by Gasteiger charge is 2.05. The SMILES string of the molecule is Cc1cc(N)c(Cl)cc1Nc1ccccc1Br. The molecule has 0 saturated heterocycles. The van der Waals surface area contributed by atoms with Gasteiger partial charge in [-0.05, 0) is 52.7 Å². The lowest BCUT2D eigenvalue weighted by molar-refractivity contribution is 1.42. The van der Waals surface area contributed by atoms with Crippen LogP contribution >= 0.6 is 27.5 Å². The monoisotopic (exact) mass is 310 g/mol. The highest BCUT2D eigenvalue weighted by Crippen LogP contribution is 2.31. The highest BCUT2D eigenvalue weighted by molar-refractivity contribution is 9.10. The van der Waals surface area contributed by atoms with Crippen molar-refractivity contribution in [2.75, 3.05) is 11.1 Å². The van der Waals surface area contributed by atoms with Gasteiger partial charge >= 0.3 is 0 Å². The molecule has 0 saturated carbocycles. The maximum absolute atomic E-state index is 6.02. The Kier molecular flexibility index (Phi) is 3.60. The molecule has 0 spiro atoms. The second kappa shape index (κ2) is 4.98. The largest absolute Gasteiger partial charge is 0.398 e. The Morgan fingerprint density at radius 2 is 1.88 bits per heavy atom. The maximum atomic E-state index is 6.02. The lowest BCUT2D eigenvalue weighted by Crippen LogP contribution is -1.96. The zero-order valence-electron chi connectivity index (χ0n) is 9.30. The van der Waals surface area contributed by atoms with E-state index in [2.05, 4.69) is 21.2 Å². The van der Waals surface area contributed by atoms with Gasteiger partial charge in [0, 0.05) is 10.2 Å². The lowest BCUT2D eigenvalue weighted by Gasteiger charge is -2.12. The van der Waals surface area contributed by atoms with Gasteiger partial charge in [-0.3, -0.25) is 0 Å². The van der Waals surface area contributed by atoms with Crippen LogP contribution in [0.5, 0.6) is 0 Å². The molecule has 0 radical (unpaired) electrons. The summed E-state index contributed by atoms with van der Waals surface area (Å²) in [6.07, 6.45) is 0. The number of para-hydroxylation sites is 1. The first-order chi connectivity index (χ1) is 8.08. The van der Waals surface area contributed by atoms with Crippen molar-refractivity contribution >= 4 is 44.6 Å². The van der Waals surface area contributed by atoms with Crippen LogP contribution in [0.4, 0.5) is 17.1 Å². The van der Waals surface area contributed by atoms with E-state index < -0.39 is 0 Å². The Morgan fingerprint density at radius 1 is 1.18 bits per heavy atom. The van der Waals surface area contributed by atoms with Gasteiger partial charge in [0.2, 0.25) is 0 Å². The third kappa shape index (κ3) is 2.73. The average Bonchev–Trinajstić information content (AvgIpc) is 2.29. The molecule has 0 atom stereocenters. The molecule has 2 aromatic rings. The van der Waals surface area contributed by atoms with E-state index in [1.807, 2.05) is 43.3 Å². The van der Waals surface area contributed by atoms with Crippen LogP contribution in [0, 0.1) is 6.92 Å². The lowest BCUT2D eigenvalue weighted by atomic mass is 10.1. The number of benzene rings is 2. The van der Waals surface area contributed by atoms with E-state index in [1.165, 1.54) is 0 Å². The van der Waals surface area contributed by atoms with Crippen molar-refractivity contribution in [2.45, 2.75) is 6.92 Å². The zero-order chi connectivity index (χ0) is 12.4. The molecule has 0 bridgehead atoms. The van der Waals surface area contributed by atoms with Crippen molar-refractivity contribution < 1.29 is 0 Å². The maximum Gasteiger partial charge on any atom is 0.0656 e. The number of nitrogens with one attached hydrogen (secondary N) is 1. The van der Waals surface area contributed by atoms with Crippen molar-refractivity contribution in [3.8, 4) is 0 Å². The van der Waals surface area contributed by atoms with Crippen molar-refractivity contribution in [1.82, 2.24) is 0 Å². The molecule has 2 rings (SSSR count). The number of nitrogen functional groups attached to an aromatic ring is 1. The second-order valence-electron chi connectivity index (χ2n) is 3.79. The first kappa shape index (κ1) is 12.3. The highest BCUT2D eigenvalue weighted by atomic mass is 79.9. The number of anilines is 3. The predicted molar refractivity (Wildman–Crippen MR) is 78.0 cm³/mol. The number of hydrogen-bond acceptors (Lipinski definition) is 2. The first-order valence-electron chi connectivity index (χ1n) is 5.15. The summed E-state index contributed by atoms with van der Waals surface area (Å²) in [5.41, 5.74) is 9.35. The molecule has 3 N–H and O–H groups in total. The summed E-state index contributed by atoms with van der Waals surface area (Å²) in [7, 11) is 0. The van der Waals surface area contributed by atoms with E-state index in [0.717, 1.165) is 21.4 Å². The number of rotatable bonds is 2. The minimum Gasteiger partial charge on any atom is -0.398 e. The molecule has 4 heteroatoms. The quantitative estimate of drug-likeness (QED) is 0.786. The van der Waals surface area contributed by atoms with Gasteiger partial charge in [0.25, 0.3) is 0 Å². The van der Waals surface area contributed by atoms with Gasteiger partial charge in [-0.25, -0.2) is 0 Å². The Morgan fingerprint density at radius 3 is 2.59 bits per heavy atom.